The lowest BCUT2D eigenvalue weighted by Crippen LogP contribution is -2.42. The molecule has 3 heterocycles. The first-order valence-electron chi connectivity index (χ1n) is 10.8. The average molecular weight is 409 g/mol. The number of rotatable bonds is 4. The van der Waals surface area contributed by atoms with Crippen molar-refractivity contribution in [3.63, 3.8) is 0 Å². The van der Waals surface area contributed by atoms with E-state index in [1.165, 1.54) is 0 Å². The summed E-state index contributed by atoms with van der Waals surface area (Å²) in [6.07, 6.45) is 3.95. The van der Waals surface area contributed by atoms with Crippen molar-refractivity contribution in [2.24, 2.45) is 5.92 Å². The minimum Gasteiger partial charge on any atom is -0.496 e. The molecule has 1 unspecified atom stereocenters. The monoisotopic (exact) mass is 409 g/mol. The van der Waals surface area contributed by atoms with Gasteiger partial charge < -0.3 is 19.1 Å². The van der Waals surface area contributed by atoms with Gasteiger partial charge in [-0.3, -0.25) is 9.59 Å². The summed E-state index contributed by atoms with van der Waals surface area (Å²) in [5.74, 6) is 3.05. The van der Waals surface area contributed by atoms with E-state index in [9.17, 15) is 9.59 Å². The molecule has 2 amide bonds. The summed E-state index contributed by atoms with van der Waals surface area (Å²) in [5, 5.41) is 8.88. The molecule has 2 aromatic rings. The molecule has 8 heteroatoms. The first-order valence-corrected chi connectivity index (χ1v) is 10.8. The summed E-state index contributed by atoms with van der Waals surface area (Å²) >= 11 is 0. The first-order chi connectivity index (χ1) is 14.7. The van der Waals surface area contributed by atoms with E-state index in [0.29, 0.717) is 30.9 Å². The van der Waals surface area contributed by atoms with Gasteiger partial charge in [-0.2, -0.15) is 0 Å². The lowest BCUT2D eigenvalue weighted by Gasteiger charge is -2.34. The second-order valence-corrected chi connectivity index (χ2v) is 8.45. The number of hydrogen-bond acceptors (Lipinski definition) is 5. The van der Waals surface area contributed by atoms with Gasteiger partial charge in [0.15, 0.2) is 5.82 Å². The van der Waals surface area contributed by atoms with Crippen LogP contribution in [0.4, 0.5) is 0 Å². The van der Waals surface area contributed by atoms with Gasteiger partial charge in [0, 0.05) is 38.0 Å². The molecule has 1 saturated heterocycles. The number of aromatic nitrogens is 3. The van der Waals surface area contributed by atoms with E-state index < -0.39 is 0 Å². The summed E-state index contributed by atoms with van der Waals surface area (Å²) < 4.78 is 7.54. The fourth-order valence-corrected chi connectivity index (χ4v) is 4.62. The second kappa shape index (κ2) is 7.74. The van der Waals surface area contributed by atoms with E-state index >= 15 is 0 Å². The Balaban J connectivity index is 1.31. The third-order valence-corrected chi connectivity index (χ3v) is 6.43. The van der Waals surface area contributed by atoms with Crippen molar-refractivity contribution in [2.45, 2.75) is 44.7 Å². The van der Waals surface area contributed by atoms with E-state index in [1.54, 1.807) is 7.11 Å². The largest absolute Gasteiger partial charge is 0.496 e. The maximum absolute atomic E-state index is 13.1. The maximum Gasteiger partial charge on any atom is 0.257 e. The molecule has 1 aromatic heterocycles. The quantitative estimate of drug-likeness (QED) is 0.772. The number of methoxy groups -OCH3 is 1. The molecule has 158 valence electrons. The summed E-state index contributed by atoms with van der Waals surface area (Å²) in [5.41, 5.74) is 0.596. The Bertz CT molecular complexity index is 967. The normalized spacial score (nSPS) is 21.3. The van der Waals surface area contributed by atoms with E-state index in [4.69, 9.17) is 4.74 Å². The number of para-hydroxylation sites is 1. The molecule has 1 saturated carbocycles. The Morgan fingerprint density at radius 2 is 1.87 bits per heavy atom. The zero-order valence-corrected chi connectivity index (χ0v) is 17.3. The molecular weight excluding hydrogens is 382 g/mol. The Labute approximate surface area is 175 Å². The van der Waals surface area contributed by atoms with Gasteiger partial charge in [-0.1, -0.05) is 12.1 Å². The van der Waals surface area contributed by atoms with Crippen LogP contribution in [-0.4, -0.2) is 63.1 Å². The van der Waals surface area contributed by atoms with Crippen LogP contribution in [0.1, 0.15) is 53.6 Å². The maximum atomic E-state index is 13.1. The lowest BCUT2D eigenvalue weighted by molar-refractivity contribution is -0.134. The van der Waals surface area contributed by atoms with Crippen LogP contribution in [0, 0.1) is 5.92 Å². The topological polar surface area (TPSA) is 80.6 Å². The van der Waals surface area contributed by atoms with Crippen LogP contribution in [0.25, 0.3) is 0 Å². The van der Waals surface area contributed by atoms with Crippen LogP contribution in [0.5, 0.6) is 5.75 Å². The van der Waals surface area contributed by atoms with Crippen LogP contribution >= 0.6 is 0 Å². The molecule has 5 rings (SSSR count). The SMILES string of the molecule is COc1ccccc1C(=O)N1CCCC(c2nnc3n2CCN(C(=O)C2CC2)C3)C1. The molecule has 3 aliphatic rings. The molecule has 0 radical (unpaired) electrons. The predicted molar refractivity (Wildman–Crippen MR) is 109 cm³/mol. The van der Waals surface area contributed by atoms with Crippen molar-refractivity contribution < 1.29 is 14.3 Å². The molecule has 1 aliphatic carbocycles. The zero-order chi connectivity index (χ0) is 20.7. The Morgan fingerprint density at radius 1 is 1.03 bits per heavy atom. The van der Waals surface area contributed by atoms with Gasteiger partial charge in [-0.15, -0.1) is 10.2 Å². The minimum atomic E-state index is -0.00302. The smallest absolute Gasteiger partial charge is 0.257 e. The van der Waals surface area contributed by atoms with Gasteiger partial charge in [0.2, 0.25) is 5.91 Å². The summed E-state index contributed by atoms with van der Waals surface area (Å²) in [6.45, 7) is 3.34. The second-order valence-electron chi connectivity index (χ2n) is 8.45. The van der Waals surface area contributed by atoms with E-state index in [-0.39, 0.29) is 23.7 Å². The lowest BCUT2D eigenvalue weighted by atomic mass is 9.96. The van der Waals surface area contributed by atoms with Crippen LogP contribution in [-0.2, 0) is 17.9 Å². The highest BCUT2D eigenvalue weighted by molar-refractivity contribution is 5.97. The molecule has 0 bridgehead atoms. The van der Waals surface area contributed by atoms with E-state index in [2.05, 4.69) is 14.8 Å². The fraction of sp³-hybridized carbons (Fsp3) is 0.545. The molecule has 1 aromatic carbocycles. The van der Waals surface area contributed by atoms with Crippen molar-refractivity contribution in [1.29, 1.82) is 0 Å². The molecule has 2 fully saturated rings. The van der Waals surface area contributed by atoms with Crippen molar-refractivity contribution in [1.82, 2.24) is 24.6 Å². The zero-order valence-electron chi connectivity index (χ0n) is 17.3. The van der Waals surface area contributed by atoms with Crippen LogP contribution < -0.4 is 4.74 Å². The van der Waals surface area contributed by atoms with Crippen LogP contribution in [0.3, 0.4) is 0 Å². The Hall–Kier alpha value is -2.90. The van der Waals surface area contributed by atoms with Gasteiger partial charge in [0.1, 0.15) is 11.6 Å². The summed E-state index contributed by atoms with van der Waals surface area (Å²) in [4.78, 5) is 29.4. The van der Waals surface area contributed by atoms with Crippen molar-refractivity contribution in [3.05, 3.63) is 41.5 Å². The van der Waals surface area contributed by atoms with Crippen molar-refractivity contribution >= 4 is 11.8 Å². The molecular formula is C22H27N5O3. The van der Waals surface area contributed by atoms with Crippen molar-refractivity contribution in [3.8, 4) is 5.75 Å². The highest BCUT2D eigenvalue weighted by Gasteiger charge is 2.37. The number of nitrogens with zero attached hydrogens (tertiary/aromatic N) is 5. The highest BCUT2D eigenvalue weighted by Crippen LogP contribution is 2.33. The third kappa shape index (κ3) is 3.44. The number of carbonyl (C=O) groups is 2. The summed E-state index contributed by atoms with van der Waals surface area (Å²) in [7, 11) is 1.59. The van der Waals surface area contributed by atoms with Crippen molar-refractivity contribution in [2.75, 3.05) is 26.7 Å². The van der Waals surface area contributed by atoms with Gasteiger partial charge in [-0.25, -0.2) is 0 Å². The predicted octanol–water partition coefficient (Wildman–Crippen LogP) is 2.06. The summed E-state index contributed by atoms with van der Waals surface area (Å²) in [6, 6.07) is 7.36. The minimum absolute atomic E-state index is 0.00302. The fourth-order valence-electron chi connectivity index (χ4n) is 4.62. The number of piperidine rings is 1. The third-order valence-electron chi connectivity index (χ3n) is 6.43. The molecule has 2 aliphatic heterocycles. The van der Waals surface area contributed by atoms with E-state index in [1.807, 2.05) is 34.1 Å². The van der Waals surface area contributed by atoms with Gasteiger partial charge in [-0.05, 0) is 37.8 Å². The molecule has 8 nitrogen and oxygen atoms in total. The van der Waals surface area contributed by atoms with Gasteiger partial charge in [0.25, 0.3) is 5.91 Å². The number of fused-ring (bicyclic) bond motifs is 1. The number of ether oxygens (including phenoxy) is 1. The Morgan fingerprint density at radius 3 is 2.67 bits per heavy atom. The van der Waals surface area contributed by atoms with Gasteiger partial charge in [0.05, 0.1) is 19.2 Å². The van der Waals surface area contributed by atoms with Gasteiger partial charge >= 0.3 is 0 Å². The first kappa shape index (κ1) is 19.1. The highest BCUT2D eigenvalue weighted by atomic mass is 16.5. The number of carbonyl (C=O) groups excluding carboxylic acids is 2. The molecule has 0 N–H and O–H groups in total. The Kier molecular flexibility index (Phi) is 4.92. The van der Waals surface area contributed by atoms with Crippen LogP contribution in [0.15, 0.2) is 24.3 Å². The molecule has 1 atom stereocenters. The average Bonchev–Trinajstić information content (AvgIpc) is 3.56. The van der Waals surface area contributed by atoms with E-state index in [0.717, 1.165) is 50.4 Å². The van der Waals surface area contributed by atoms with Crippen LogP contribution in [0.2, 0.25) is 0 Å². The number of amides is 2. The standard InChI is InChI=1S/C22H27N5O3/c1-30-18-7-3-2-6-17(18)22(29)25-10-4-5-16(13-25)20-24-23-19-14-26(11-12-27(19)20)21(28)15-8-9-15/h2-3,6-7,15-16H,4-5,8-14H2,1H3. The molecule has 0 spiro atoms. The number of benzene rings is 1. The molecule has 30 heavy (non-hydrogen) atoms. The number of likely N-dealkylation sites (tertiary alicyclic amines) is 1. The number of hydrogen-bond donors (Lipinski definition) is 0.